The summed E-state index contributed by atoms with van der Waals surface area (Å²) >= 11 is 3.25. The number of nitrogens with one attached hydrogen (secondary N) is 1. The molecule has 20 heavy (non-hydrogen) atoms. The Morgan fingerprint density at radius 1 is 1.55 bits per heavy atom. The molecule has 1 aromatic heterocycles. The average Bonchev–Trinajstić information content (AvgIpc) is 2.76. The number of nitrogens with zero attached hydrogens (tertiary/aromatic N) is 2. The Labute approximate surface area is 121 Å². The van der Waals surface area contributed by atoms with Gasteiger partial charge in [-0.15, -0.1) is 0 Å². The molecule has 10 heteroatoms. The lowest BCUT2D eigenvalue weighted by Gasteiger charge is -2.20. The molecule has 0 fully saturated rings. The minimum atomic E-state index is -4.18. The van der Waals surface area contributed by atoms with Gasteiger partial charge in [-0.1, -0.05) is 0 Å². The Morgan fingerprint density at radius 2 is 2.20 bits per heavy atom. The van der Waals surface area contributed by atoms with Gasteiger partial charge in [-0.2, -0.15) is 13.9 Å². The molecule has 0 saturated heterocycles. The Hall–Kier alpha value is -0.710. The van der Waals surface area contributed by atoms with E-state index in [4.69, 9.17) is 5.84 Å². The predicted octanol–water partition coefficient (Wildman–Crippen LogP) is 2.09. The van der Waals surface area contributed by atoms with Gasteiger partial charge in [0, 0.05) is 6.54 Å². The third-order valence-electron chi connectivity index (χ3n) is 2.56. The summed E-state index contributed by atoms with van der Waals surface area (Å²) in [5, 5.41) is 4.04. The first kappa shape index (κ1) is 17.3. The number of hydrogen-bond acceptors (Lipinski definition) is 4. The molecule has 0 saturated carbocycles. The van der Waals surface area contributed by atoms with Crippen molar-refractivity contribution in [2.45, 2.75) is 31.9 Å². The van der Waals surface area contributed by atoms with E-state index in [-0.39, 0.29) is 6.61 Å². The standard InChI is InChI=1S/C10H15BrF4N4O/c1-2-19-8(6(11)3-17-19)7(18-16)4-20-5-10(14,15)9(12)13/h3,7,9,18H,2,4-5,16H2,1H3. The van der Waals surface area contributed by atoms with Gasteiger partial charge in [0.1, 0.15) is 6.61 Å². The average molecular weight is 363 g/mol. The molecule has 0 radical (unpaired) electrons. The second-order valence-electron chi connectivity index (χ2n) is 3.99. The van der Waals surface area contributed by atoms with Crippen molar-refractivity contribution in [1.29, 1.82) is 0 Å². The third kappa shape index (κ3) is 4.14. The van der Waals surface area contributed by atoms with E-state index in [0.29, 0.717) is 16.7 Å². The van der Waals surface area contributed by atoms with E-state index in [0.717, 1.165) is 0 Å². The zero-order valence-electron chi connectivity index (χ0n) is 10.6. The van der Waals surface area contributed by atoms with Crippen LogP contribution in [0.4, 0.5) is 17.6 Å². The zero-order chi connectivity index (χ0) is 15.3. The number of rotatable bonds is 8. The molecule has 5 nitrogen and oxygen atoms in total. The van der Waals surface area contributed by atoms with Crippen molar-refractivity contribution in [3.05, 3.63) is 16.4 Å². The summed E-state index contributed by atoms with van der Waals surface area (Å²) in [5.74, 6) is 1.16. The van der Waals surface area contributed by atoms with Crippen LogP contribution in [0.15, 0.2) is 10.7 Å². The monoisotopic (exact) mass is 362 g/mol. The van der Waals surface area contributed by atoms with E-state index in [1.165, 1.54) is 6.20 Å². The van der Waals surface area contributed by atoms with Crippen molar-refractivity contribution in [3.8, 4) is 0 Å². The topological polar surface area (TPSA) is 65.1 Å². The maximum absolute atomic E-state index is 12.7. The van der Waals surface area contributed by atoms with Crippen LogP contribution < -0.4 is 11.3 Å². The second kappa shape index (κ2) is 7.34. The highest BCUT2D eigenvalue weighted by atomic mass is 79.9. The highest BCUT2D eigenvalue weighted by Crippen LogP contribution is 2.26. The smallest absolute Gasteiger partial charge is 0.330 e. The highest BCUT2D eigenvalue weighted by molar-refractivity contribution is 9.10. The molecular weight excluding hydrogens is 348 g/mol. The minimum Gasteiger partial charge on any atom is -0.373 e. The summed E-state index contributed by atoms with van der Waals surface area (Å²) in [5.41, 5.74) is 2.98. The number of halogens is 5. The van der Waals surface area contributed by atoms with Gasteiger partial charge in [-0.3, -0.25) is 10.5 Å². The quantitative estimate of drug-likeness (QED) is 0.422. The third-order valence-corrected chi connectivity index (χ3v) is 3.17. The maximum Gasteiger partial charge on any atom is 0.330 e. The number of hydrazine groups is 1. The van der Waals surface area contributed by atoms with Gasteiger partial charge in [-0.05, 0) is 22.9 Å². The second-order valence-corrected chi connectivity index (χ2v) is 4.84. The highest BCUT2D eigenvalue weighted by Gasteiger charge is 2.41. The van der Waals surface area contributed by atoms with Gasteiger partial charge in [0.15, 0.2) is 0 Å². The molecule has 0 aliphatic carbocycles. The first-order valence-corrected chi connectivity index (χ1v) is 6.53. The Morgan fingerprint density at radius 3 is 2.70 bits per heavy atom. The van der Waals surface area contributed by atoms with Crippen LogP contribution in [-0.2, 0) is 11.3 Å². The number of aromatic nitrogens is 2. The van der Waals surface area contributed by atoms with Gasteiger partial charge in [0.05, 0.1) is 29.0 Å². The molecular formula is C10H15BrF4N4O. The molecule has 0 spiro atoms. The van der Waals surface area contributed by atoms with E-state index < -0.39 is 25.0 Å². The fourth-order valence-corrected chi connectivity index (χ4v) is 2.12. The van der Waals surface area contributed by atoms with Gasteiger partial charge >= 0.3 is 12.3 Å². The molecule has 0 amide bonds. The first-order valence-electron chi connectivity index (χ1n) is 5.74. The summed E-state index contributed by atoms with van der Waals surface area (Å²) < 4.78 is 56.3. The van der Waals surface area contributed by atoms with Crippen LogP contribution in [-0.4, -0.2) is 35.3 Å². The summed E-state index contributed by atoms with van der Waals surface area (Å²) in [6.45, 7) is 0.707. The van der Waals surface area contributed by atoms with E-state index in [1.807, 2.05) is 6.92 Å². The van der Waals surface area contributed by atoms with Crippen LogP contribution in [0, 0.1) is 0 Å². The van der Waals surface area contributed by atoms with Gasteiger partial charge < -0.3 is 4.74 Å². The van der Waals surface area contributed by atoms with Crippen molar-refractivity contribution in [3.63, 3.8) is 0 Å². The van der Waals surface area contributed by atoms with Gasteiger partial charge in [-0.25, -0.2) is 14.2 Å². The number of aryl methyl sites for hydroxylation is 1. The Kier molecular flexibility index (Phi) is 6.37. The van der Waals surface area contributed by atoms with Crippen LogP contribution in [0.5, 0.6) is 0 Å². The summed E-state index contributed by atoms with van der Waals surface area (Å²) in [6, 6.07) is -0.653. The van der Waals surface area contributed by atoms with Crippen molar-refractivity contribution in [2.24, 2.45) is 5.84 Å². The summed E-state index contributed by atoms with van der Waals surface area (Å²) in [7, 11) is 0. The molecule has 1 aromatic rings. The molecule has 0 aliphatic heterocycles. The summed E-state index contributed by atoms with van der Waals surface area (Å²) in [6.07, 6.45) is -2.24. The van der Waals surface area contributed by atoms with Crippen LogP contribution in [0.2, 0.25) is 0 Å². The molecule has 3 N–H and O–H groups in total. The van der Waals surface area contributed by atoms with E-state index in [1.54, 1.807) is 4.68 Å². The zero-order valence-corrected chi connectivity index (χ0v) is 12.2. The van der Waals surface area contributed by atoms with E-state index >= 15 is 0 Å². The molecule has 0 aliphatic rings. The van der Waals surface area contributed by atoms with Gasteiger partial charge in [0.25, 0.3) is 0 Å². The SMILES string of the molecule is CCn1ncc(Br)c1C(COCC(F)(F)C(F)F)NN. The van der Waals surface area contributed by atoms with Gasteiger partial charge in [0.2, 0.25) is 0 Å². The predicted molar refractivity (Wildman–Crippen MR) is 67.4 cm³/mol. The van der Waals surface area contributed by atoms with Crippen LogP contribution in [0.3, 0.4) is 0 Å². The molecule has 0 bridgehead atoms. The summed E-state index contributed by atoms with van der Waals surface area (Å²) in [4.78, 5) is 0. The van der Waals surface area contributed by atoms with Crippen LogP contribution in [0.25, 0.3) is 0 Å². The number of ether oxygens (including phenoxy) is 1. The lowest BCUT2D eigenvalue weighted by Crippen LogP contribution is -2.37. The largest absolute Gasteiger partial charge is 0.373 e. The lowest BCUT2D eigenvalue weighted by molar-refractivity contribution is -0.167. The van der Waals surface area contributed by atoms with Crippen LogP contribution in [0.1, 0.15) is 18.7 Å². The van der Waals surface area contributed by atoms with Crippen molar-refractivity contribution in [1.82, 2.24) is 15.2 Å². The van der Waals surface area contributed by atoms with Crippen molar-refractivity contribution in [2.75, 3.05) is 13.2 Å². The fraction of sp³-hybridized carbons (Fsp3) is 0.700. The lowest BCUT2D eigenvalue weighted by atomic mass is 10.2. The number of alkyl halides is 4. The molecule has 116 valence electrons. The van der Waals surface area contributed by atoms with Crippen molar-refractivity contribution >= 4 is 15.9 Å². The molecule has 1 heterocycles. The molecule has 1 rings (SSSR count). The minimum absolute atomic E-state index is 0.289. The Bertz CT molecular complexity index is 429. The molecule has 1 atom stereocenters. The van der Waals surface area contributed by atoms with E-state index in [2.05, 4.69) is 31.2 Å². The van der Waals surface area contributed by atoms with Crippen LogP contribution >= 0.6 is 15.9 Å². The first-order chi connectivity index (χ1) is 9.33. The number of hydrogen-bond donors (Lipinski definition) is 2. The Balaban J connectivity index is 2.67. The maximum atomic E-state index is 12.7. The molecule has 1 unspecified atom stereocenters. The molecule has 0 aromatic carbocycles. The fourth-order valence-electron chi connectivity index (χ4n) is 1.55. The normalized spacial score (nSPS) is 14.0. The number of nitrogens with two attached hydrogens (primary N) is 1. The van der Waals surface area contributed by atoms with Crippen molar-refractivity contribution < 1.29 is 22.3 Å². The van der Waals surface area contributed by atoms with E-state index in [9.17, 15) is 17.6 Å².